The molecule has 0 aliphatic carbocycles. The summed E-state index contributed by atoms with van der Waals surface area (Å²) in [5.74, 6) is -0.690. The van der Waals surface area contributed by atoms with Gasteiger partial charge >= 0.3 is 0 Å². The fourth-order valence-corrected chi connectivity index (χ4v) is 2.17. The van der Waals surface area contributed by atoms with Crippen molar-refractivity contribution in [3.8, 4) is 5.75 Å². The van der Waals surface area contributed by atoms with Gasteiger partial charge in [0.1, 0.15) is 0 Å². The maximum atomic E-state index is 13.5. The molecule has 0 aromatic heterocycles. The van der Waals surface area contributed by atoms with E-state index in [2.05, 4.69) is 0 Å². The van der Waals surface area contributed by atoms with Crippen LogP contribution in [0.4, 0.5) is 4.39 Å². The van der Waals surface area contributed by atoms with E-state index in [-0.39, 0.29) is 16.7 Å². The lowest BCUT2D eigenvalue weighted by atomic mass is 10.2. The molecule has 0 aliphatic rings. The van der Waals surface area contributed by atoms with Crippen LogP contribution in [0.2, 0.25) is 0 Å². The second kappa shape index (κ2) is 5.69. The molecule has 6 heteroatoms. The highest BCUT2D eigenvalue weighted by Crippen LogP contribution is 2.24. The summed E-state index contributed by atoms with van der Waals surface area (Å²) in [6.45, 7) is 3.83. The van der Waals surface area contributed by atoms with E-state index in [4.69, 9.17) is 15.4 Å². The number of hydrogen-bond donors (Lipinski definition) is 0. The fraction of sp³-hybridized carbons (Fsp3) is 0.455. The van der Waals surface area contributed by atoms with Gasteiger partial charge in [0, 0.05) is 10.7 Å². The van der Waals surface area contributed by atoms with Gasteiger partial charge in [0.25, 0.3) is 9.05 Å². The average Bonchev–Trinajstić information content (AvgIpc) is 2.20. The van der Waals surface area contributed by atoms with E-state index in [1.54, 1.807) is 0 Å². The van der Waals surface area contributed by atoms with Gasteiger partial charge in [0.2, 0.25) is 0 Å². The van der Waals surface area contributed by atoms with Crippen molar-refractivity contribution in [2.45, 2.75) is 37.7 Å². The molecule has 0 spiro atoms. The molecule has 1 unspecified atom stereocenters. The van der Waals surface area contributed by atoms with Crippen LogP contribution in [-0.2, 0) is 9.05 Å². The Kier molecular flexibility index (Phi) is 4.77. The van der Waals surface area contributed by atoms with Crippen LogP contribution < -0.4 is 4.74 Å². The quantitative estimate of drug-likeness (QED) is 0.777. The monoisotopic (exact) mass is 280 g/mol. The molecule has 1 aromatic carbocycles. The first-order chi connectivity index (χ1) is 7.84. The zero-order chi connectivity index (χ0) is 13.1. The average molecular weight is 281 g/mol. The van der Waals surface area contributed by atoms with Crippen LogP contribution >= 0.6 is 10.7 Å². The third-order valence-corrected chi connectivity index (χ3v) is 3.56. The van der Waals surface area contributed by atoms with Crippen molar-refractivity contribution in [3.05, 3.63) is 24.0 Å². The maximum Gasteiger partial charge on any atom is 0.261 e. The van der Waals surface area contributed by atoms with E-state index < -0.39 is 14.9 Å². The van der Waals surface area contributed by atoms with Gasteiger partial charge in [-0.05, 0) is 31.5 Å². The molecular weight excluding hydrogens is 267 g/mol. The zero-order valence-electron chi connectivity index (χ0n) is 9.61. The molecule has 17 heavy (non-hydrogen) atoms. The Morgan fingerprint density at radius 1 is 1.47 bits per heavy atom. The molecule has 0 heterocycles. The number of benzene rings is 1. The highest BCUT2D eigenvalue weighted by Gasteiger charge is 2.14. The van der Waals surface area contributed by atoms with E-state index >= 15 is 0 Å². The smallest absolute Gasteiger partial charge is 0.261 e. The number of halogens is 2. The Labute approximate surface area is 105 Å². The van der Waals surface area contributed by atoms with E-state index in [1.807, 2.05) is 13.8 Å². The lowest BCUT2D eigenvalue weighted by Gasteiger charge is -2.14. The van der Waals surface area contributed by atoms with Crippen LogP contribution in [0, 0.1) is 5.82 Å². The Morgan fingerprint density at radius 2 is 2.12 bits per heavy atom. The minimum atomic E-state index is -3.90. The lowest BCUT2D eigenvalue weighted by Crippen LogP contribution is -2.12. The van der Waals surface area contributed by atoms with Crippen LogP contribution in [0.5, 0.6) is 5.75 Å². The van der Waals surface area contributed by atoms with Gasteiger partial charge in [-0.2, -0.15) is 0 Å². The molecule has 1 atom stereocenters. The Balaban J connectivity index is 2.91. The zero-order valence-corrected chi connectivity index (χ0v) is 11.2. The Morgan fingerprint density at radius 3 is 2.59 bits per heavy atom. The van der Waals surface area contributed by atoms with Crippen molar-refractivity contribution >= 4 is 19.7 Å². The van der Waals surface area contributed by atoms with Crippen LogP contribution in [-0.4, -0.2) is 14.5 Å². The summed E-state index contributed by atoms with van der Waals surface area (Å²) in [5.41, 5.74) is 0. The van der Waals surface area contributed by atoms with E-state index in [1.165, 1.54) is 12.1 Å². The van der Waals surface area contributed by atoms with E-state index in [0.717, 1.165) is 18.9 Å². The molecule has 0 N–H and O–H groups in total. The van der Waals surface area contributed by atoms with Gasteiger partial charge in [-0.1, -0.05) is 13.3 Å². The summed E-state index contributed by atoms with van der Waals surface area (Å²) in [6, 6.07) is 3.35. The lowest BCUT2D eigenvalue weighted by molar-refractivity contribution is 0.200. The van der Waals surface area contributed by atoms with Crippen molar-refractivity contribution in [3.63, 3.8) is 0 Å². The number of hydrogen-bond acceptors (Lipinski definition) is 3. The second-order valence-electron chi connectivity index (χ2n) is 3.75. The highest BCUT2D eigenvalue weighted by molar-refractivity contribution is 8.13. The largest absolute Gasteiger partial charge is 0.488 e. The summed E-state index contributed by atoms with van der Waals surface area (Å²) < 4.78 is 40.8. The molecule has 0 amide bonds. The maximum absolute atomic E-state index is 13.5. The molecule has 0 saturated carbocycles. The van der Waals surface area contributed by atoms with Crippen LogP contribution in [0.3, 0.4) is 0 Å². The molecule has 96 valence electrons. The van der Waals surface area contributed by atoms with Gasteiger partial charge in [0.15, 0.2) is 11.6 Å². The standard InChI is InChI=1S/C11H14ClFO3S/c1-3-4-8(2)16-11-6-5-9(7-10(11)13)17(12,14)15/h5-8H,3-4H2,1-2H3. The minimum Gasteiger partial charge on any atom is -0.488 e. The number of rotatable bonds is 5. The van der Waals surface area contributed by atoms with Crippen molar-refractivity contribution in [1.82, 2.24) is 0 Å². The molecule has 0 radical (unpaired) electrons. The summed E-state index contributed by atoms with van der Waals surface area (Å²) in [6.07, 6.45) is 1.61. The summed E-state index contributed by atoms with van der Waals surface area (Å²) in [7, 11) is 1.20. The van der Waals surface area contributed by atoms with Gasteiger partial charge < -0.3 is 4.74 Å². The summed E-state index contributed by atoms with van der Waals surface area (Å²) in [4.78, 5) is -0.271. The third-order valence-electron chi connectivity index (χ3n) is 2.21. The molecule has 0 aliphatic heterocycles. The predicted octanol–water partition coefficient (Wildman–Crippen LogP) is 3.32. The van der Waals surface area contributed by atoms with Crippen LogP contribution in [0.1, 0.15) is 26.7 Å². The first kappa shape index (κ1) is 14.3. The van der Waals surface area contributed by atoms with Crippen molar-refractivity contribution in [2.24, 2.45) is 0 Å². The molecule has 3 nitrogen and oxygen atoms in total. The summed E-state index contributed by atoms with van der Waals surface area (Å²) >= 11 is 0. The third kappa shape index (κ3) is 4.16. The van der Waals surface area contributed by atoms with Gasteiger partial charge in [-0.3, -0.25) is 0 Å². The molecule has 0 saturated heterocycles. The van der Waals surface area contributed by atoms with Gasteiger partial charge in [-0.25, -0.2) is 12.8 Å². The fourth-order valence-electron chi connectivity index (χ4n) is 1.41. The molecule has 0 fully saturated rings. The first-order valence-electron chi connectivity index (χ1n) is 5.25. The molecular formula is C11H14ClFO3S. The molecule has 1 aromatic rings. The minimum absolute atomic E-state index is 0.0371. The van der Waals surface area contributed by atoms with Gasteiger partial charge in [0.05, 0.1) is 11.0 Å². The summed E-state index contributed by atoms with van der Waals surface area (Å²) in [5, 5.41) is 0. The predicted molar refractivity (Wildman–Crippen MR) is 64.4 cm³/mol. The molecule has 1 rings (SSSR count). The van der Waals surface area contributed by atoms with Crippen molar-refractivity contribution < 1.29 is 17.5 Å². The normalized spacial score (nSPS) is 13.4. The Bertz CT molecular complexity index is 487. The number of ether oxygens (including phenoxy) is 1. The topological polar surface area (TPSA) is 43.4 Å². The van der Waals surface area contributed by atoms with Crippen molar-refractivity contribution in [2.75, 3.05) is 0 Å². The SMILES string of the molecule is CCCC(C)Oc1ccc(S(=O)(=O)Cl)cc1F. The second-order valence-corrected chi connectivity index (χ2v) is 6.31. The van der Waals surface area contributed by atoms with Gasteiger partial charge in [-0.15, -0.1) is 0 Å². The van der Waals surface area contributed by atoms with Crippen LogP contribution in [0.15, 0.2) is 23.1 Å². The van der Waals surface area contributed by atoms with E-state index in [0.29, 0.717) is 0 Å². The van der Waals surface area contributed by atoms with E-state index in [9.17, 15) is 12.8 Å². The van der Waals surface area contributed by atoms with Crippen LogP contribution in [0.25, 0.3) is 0 Å². The molecule has 0 bridgehead atoms. The Hall–Kier alpha value is -0.810. The first-order valence-corrected chi connectivity index (χ1v) is 7.56. The van der Waals surface area contributed by atoms with Crippen molar-refractivity contribution in [1.29, 1.82) is 0 Å². The highest BCUT2D eigenvalue weighted by atomic mass is 35.7.